The lowest BCUT2D eigenvalue weighted by atomic mass is 10.0. The SMILES string of the molecule is CNC(=O)c1c(C)[nH]c(/C=C2\C(=O)N(CCCN(C)C)c3ccc(F)cc32)c1C. The number of benzene rings is 1. The van der Waals surface area contributed by atoms with Crippen molar-refractivity contribution in [3.05, 3.63) is 52.1 Å². The second-order valence-electron chi connectivity index (χ2n) is 7.58. The van der Waals surface area contributed by atoms with Gasteiger partial charge >= 0.3 is 0 Å². The molecule has 2 aromatic rings. The molecule has 2 heterocycles. The predicted octanol–water partition coefficient (Wildman–Crippen LogP) is 2.97. The van der Waals surface area contributed by atoms with E-state index in [9.17, 15) is 14.0 Å². The molecule has 0 aliphatic carbocycles. The van der Waals surface area contributed by atoms with Crippen LogP contribution in [-0.4, -0.2) is 55.9 Å². The smallest absolute Gasteiger partial charge is 0.259 e. The molecule has 0 saturated carbocycles. The summed E-state index contributed by atoms with van der Waals surface area (Å²) in [6.07, 6.45) is 2.53. The van der Waals surface area contributed by atoms with E-state index in [4.69, 9.17) is 0 Å². The molecule has 0 spiro atoms. The van der Waals surface area contributed by atoms with Crippen LogP contribution < -0.4 is 10.2 Å². The molecule has 1 aliphatic rings. The average Bonchev–Trinajstić information content (AvgIpc) is 3.08. The Hall–Kier alpha value is -2.93. The molecule has 2 N–H and O–H groups in total. The maximum atomic E-state index is 14.0. The first-order chi connectivity index (χ1) is 13.7. The molecule has 1 aliphatic heterocycles. The molecule has 0 radical (unpaired) electrons. The molecule has 1 aromatic heterocycles. The Kier molecular flexibility index (Phi) is 5.88. The molecule has 29 heavy (non-hydrogen) atoms. The first-order valence-corrected chi connectivity index (χ1v) is 9.64. The third kappa shape index (κ3) is 3.96. The van der Waals surface area contributed by atoms with Gasteiger partial charge in [-0.2, -0.15) is 0 Å². The minimum atomic E-state index is -0.386. The van der Waals surface area contributed by atoms with Gasteiger partial charge in [-0.15, -0.1) is 0 Å². The molecule has 3 rings (SSSR count). The lowest BCUT2D eigenvalue weighted by Crippen LogP contribution is -2.29. The van der Waals surface area contributed by atoms with Gasteiger partial charge in [-0.05, 0) is 70.7 Å². The summed E-state index contributed by atoms with van der Waals surface area (Å²) in [4.78, 5) is 32.3. The molecule has 2 amide bonds. The number of aryl methyl sites for hydroxylation is 1. The van der Waals surface area contributed by atoms with Gasteiger partial charge in [-0.3, -0.25) is 9.59 Å². The Labute approximate surface area is 170 Å². The number of amides is 2. The van der Waals surface area contributed by atoms with Crippen LogP contribution in [0.1, 0.15) is 39.3 Å². The number of H-pyrrole nitrogens is 1. The van der Waals surface area contributed by atoms with E-state index in [1.54, 1.807) is 24.1 Å². The molecule has 0 unspecified atom stereocenters. The highest BCUT2D eigenvalue weighted by Crippen LogP contribution is 2.38. The molecule has 0 fully saturated rings. The normalized spacial score (nSPS) is 14.8. The number of hydrogen-bond acceptors (Lipinski definition) is 3. The van der Waals surface area contributed by atoms with Gasteiger partial charge in [0.1, 0.15) is 5.82 Å². The summed E-state index contributed by atoms with van der Waals surface area (Å²) >= 11 is 0. The molecule has 154 valence electrons. The van der Waals surface area contributed by atoms with Crippen molar-refractivity contribution in [2.75, 3.05) is 39.1 Å². The van der Waals surface area contributed by atoms with E-state index < -0.39 is 0 Å². The molecule has 0 atom stereocenters. The first kappa shape index (κ1) is 20.8. The lowest BCUT2D eigenvalue weighted by Gasteiger charge is -2.18. The van der Waals surface area contributed by atoms with Crippen LogP contribution in [0.2, 0.25) is 0 Å². The van der Waals surface area contributed by atoms with Gasteiger partial charge in [-0.25, -0.2) is 4.39 Å². The first-order valence-electron chi connectivity index (χ1n) is 9.64. The molecule has 1 aromatic carbocycles. The second kappa shape index (κ2) is 8.21. The lowest BCUT2D eigenvalue weighted by molar-refractivity contribution is -0.113. The molecule has 0 saturated heterocycles. The highest BCUT2D eigenvalue weighted by Gasteiger charge is 2.33. The summed E-state index contributed by atoms with van der Waals surface area (Å²) in [5.41, 5.74) is 4.44. The summed E-state index contributed by atoms with van der Waals surface area (Å²) in [6.45, 7) is 5.06. The zero-order valence-corrected chi connectivity index (χ0v) is 17.5. The number of carbonyl (C=O) groups is 2. The third-order valence-corrected chi connectivity index (χ3v) is 5.22. The number of fused-ring (bicyclic) bond motifs is 1. The van der Waals surface area contributed by atoms with Crippen molar-refractivity contribution < 1.29 is 14.0 Å². The van der Waals surface area contributed by atoms with E-state index in [1.807, 2.05) is 27.9 Å². The summed E-state index contributed by atoms with van der Waals surface area (Å²) in [6, 6.07) is 4.43. The number of aromatic amines is 1. The van der Waals surface area contributed by atoms with Crippen molar-refractivity contribution in [3.63, 3.8) is 0 Å². The monoisotopic (exact) mass is 398 g/mol. The number of halogens is 1. The van der Waals surface area contributed by atoms with Crippen LogP contribution in [0.25, 0.3) is 11.6 Å². The predicted molar refractivity (Wildman–Crippen MR) is 113 cm³/mol. The van der Waals surface area contributed by atoms with Crippen molar-refractivity contribution in [2.45, 2.75) is 20.3 Å². The fourth-order valence-electron chi connectivity index (χ4n) is 3.76. The van der Waals surface area contributed by atoms with Crippen LogP contribution in [0.3, 0.4) is 0 Å². The molecule has 0 bridgehead atoms. The van der Waals surface area contributed by atoms with E-state index in [-0.39, 0.29) is 17.6 Å². The third-order valence-electron chi connectivity index (χ3n) is 5.22. The van der Waals surface area contributed by atoms with Gasteiger partial charge in [-0.1, -0.05) is 0 Å². The van der Waals surface area contributed by atoms with Gasteiger partial charge in [0.25, 0.3) is 11.8 Å². The quantitative estimate of drug-likeness (QED) is 0.735. The number of rotatable bonds is 6. The number of hydrogen-bond donors (Lipinski definition) is 2. The van der Waals surface area contributed by atoms with Gasteiger partial charge in [0.05, 0.1) is 16.8 Å². The van der Waals surface area contributed by atoms with E-state index in [0.29, 0.717) is 34.6 Å². The van der Waals surface area contributed by atoms with E-state index >= 15 is 0 Å². The Morgan fingerprint density at radius 2 is 2.03 bits per heavy atom. The van der Waals surface area contributed by atoms with Gasteiger partial charge in [0.2, 0.25) is 0 Å². The van der Waals surface area contributed by atoms with E-state index in [1.165, 1.54) is 12.1 Å². The van der Waals surface area contributed by atoms with Crippen LogP contribution in [0.4, 0.5) is 10.1 Å². The molecule has 7 heteroatoms. The van der Waals surface area contributed by atoms with Crippen molar-refractivity contribution in [1.29, 1.82) is 0 Å². The van der Waals surface area contributed by atoms with Gasteiger partial charge in [0, 0.05) is 30.5 Å². The highest BCUT2D eigenvalue weighted by atomic mass is 19.1. The Bertz CT molecular complexity index is 991. The molecular formula is C22H27FN4O2. The summed E-state index contributed by atoms with van der Waals surface area (Å²) in [5, 5.41) is 2.63. The van der Waals surface area contributed by atoms with E-state index in [0.717, 1.165) is 24.2 Å². The minimum absolute atomic E-state index is 0.155. The summed E-state index contributed by atoms with van der Waals surface area (Å²) in [5.74, 6) is -0.726. The Morgan fingerprint density at radius 1 is 1.31 bits per heavy atom. The summed E-state index contributed by atoms with van der Waals surface area (Å²) < 4.78 is 14.0. The molecule has 6 nitrogen and oxygen atoms in total. The van der Waals surface area contributed by atoms with Crippen LogP contribution in [0, 0.1) is 19.7 Å². The maximum Gasteiger partial charge on any atom is 0.259 e. The van der Waals surface area contributed by atoms with Crippen molar-refractivity contribution in [1.82, 2.24) is 15.2 Å². The number of carbonyl (C=O) groups excluding carboxylic acids is 2. The number of anilines is 1. The highest BCUT2D eigenvalue weighted by molar-refractivity contribution is 6.35. The largest absolute Gasteiger partial charge is 0.358 e. The van der Waals surface area contributed by atoms with Gasteiger partial charge < -0.3 is 20.1 Å². The van der Waals surface area contributed by atoms with E-state index in [2.05, 4.69) is 15.2 Å². The number of nitrogens with one attached hydrogen (secondary N) is 2. The van der Waals surface area contributed by atoms with Crippen molar-refractivity contribution in [2.24, 2.45) is 0 Å². The summed E-state index contributed by atoms with van der Waals surface area (Å²) in [7, 11) is 5.55. The fraction of sp³-hybridized carbons (Fsp3) is 0.364. The van der Waals surface area contributed by atoms with Crippen molar-refractivity contribution in [3.8, 4) is 0 Å². The van der Waals surface area contributed by atoms with Crippen LogP contribution in [-0.2, 0) is 4.79 Å². The fourth-order valence-corrected chi connectivity index (χ4v) is 3.76. The van der Waals surface area contributed by atoms with Gasteiger partial charge in [0.15, 0.2) is 0 Å². The Balaban J connectivity index is 2.03. The average molecular weight is 398 g/mol. The van der Waals surface area contributed by atoms with Crippen molar-refractivity contribution >= 4 is 29.2 Å². The van der Waals surface area contributed by atoms with Crippen LogP contribution in [0.15, 0.2) is 18.2 Å². The van der Waals surface area contributed by atoms with Crippen LogP contribution >= 0.6 is 0 Å². The second-order valence-corrected chi connectivity index (χ2v) is 7.58. The number of nitrogens with zero attached hydrogens (tertiary/aromatic N) is 2. The minimum Gasteiger partial charge on any atom is -0.358 e. The molecular weight excluding hydrogens is 371 g/mol. The number of aromatic nitrogens is 1. The zero-order chi connectivity index (χ0) is 21.3. The standard InChI is InChI=1S/C22H27FN4O2/c1-13-18(25-14(2)20(13)21(28)24-3)12-17-16-11-15(23)7-8-19(16)27(22(17)29)10-6-9-26(4)5/h7-8,11-12,25H,6,9-10H2,1-5H3,(H,24,28)/b17-12-. The maximum absolute atomic E-state index is 14.0. The zero-order valence-electron chi connectivity index (χ0n) is 17.5. The van der Waals surface area contributed by atoms with Crippen LogP contribution in [0.5, 0.6) is 0 Å². The Morgan fingerprint density at radius 3 is 2.69 bits per heavy atom. The topological polar surface area (TPSA) is 68.4 Å².